The Bertz CT molecular complexity index is 417. The van der Waals surface area contributed by atoms with Gasteiger partial charge in [-0.1, -0.05) is 13.8 Å². The van der Waals surface area contributed by atoms with E-state index in [1.807, 2.05) is 11.8 Å². The van der Waals surface area contributed by atoms with Gasteiger partial charge in [0, 0.05) is 6.04 Å². The maximum absolute atomic E-state index is 12.6. The maximum Gasteiger partial charge on any atom is 0.244 e. The van der Waals surface area contributed by atoms with E-state index in [4.69, 9.17) is 0 Å². The lowest BCUT2D eigenvalue weighted by Crippen LogP contribution is -2.44. The minimum atomic E-state index is -0.421. The van der Waals surface area contributed by atoms with Gasteiger partial charge >= 0.3 is 0 Å². The third-order valence-electron chi connectivity index (χ3n) is 4.07. The molecule has 18 heavy (non-hydrogen) atoms. The molecule has 100 valence electrons. The van der Waals surface area contributed by atoms with Gasteiger partial charge in [0.05, 0.1) is 5.54 Å². The molecule has 3 atom stereocenters. The highest BCUT2D eigenvalue weighted by Crippen LogP contribution is 2.35. The zero-order valence-electron chi connectivity index (χ0n) is 11.6. The third-order valence-corrected chi connectivity index (χ3v) is 4.77. The molecule has 1 aliphatic heterocycles. The smallest absolute Gasteiger partial charge is 0.244 e. The Morgan fingerprint density at radius 2 is 2.28 bits per heavy atom. The lowest BCUT2D eigenvalue weighted by Gasteiger charge is -2.29. The number of nitrogens with one attached hydrogen (secondary N) is 1. The van der Waals surface area contributed by atoms with Gasteiger partial charge in [-0.2, -0.15) is 11.3 Å². The molecule has 1 fully saturated rings. The van der Waals surface area contributed by atoms with Crippen molar-refractivity contribution in [1.29, 1.82) is 0 Å². The van der Waals surface area contributed by atoms with Crippen molar-refractivity contribution < 1.29 is 4.79 Å². The number of amides is 1. The highest BCUT2D eigenvalue weighted by atomic mass is 32.1. The van der Waals surface area contributed by atoms with Gasteiger partial charge in [-0.15, -0.1) is 0 Å². The van der Waals surface area contributed by atoms with Crippen LogP contribution in [0.15, 0.2) is 16.8 Å². The first kappa shape index (κ1) is 13.6. The van der Waals surface area contributed by atoms with Crippen LogP contribution in [0.3, 0.4) is 0 Å². The van der Waals surface area contributed by atoms with Gasteiger partial charge in [0.1, 0.15) is 6.17 Å². The number of carbonyl (C=O) groups excluding carboxylic acids is 1. The van der Waals surface area contributed by atoms with E-state index in [1.165, 1.54) is 5.56 Å². The average Bonchev–Trinajstić information content (AvgIpc) is 2.97. The monoisotopic (exact) mass is 266 g/mol. The highest BCUT2D eigenvalue weighted by Gasteiger charge is 2.48. The van der Waals surface area contributed by atoms with Crippen molar-refractivity contribution in [1.82, 2.24) is 10.2 Å². The van der Waals surface area contributed by atoms with Crippen LogP contribution in [0, 0.1) is 0 Å². The Kier molecular flexibility index (Phi) is 3.78. The normalized spacial score (nSPS) is 29.9. The molecule has 1 aliphatic rings. The molecule has 1 amide bonds. The molecule has 0 spiro atoms. The molecular weight excluding hydrogens is 244 g/mol. The minimum absolute atomic E-state index is 0.0312. The Balaban J connectivity index is 2.35. The summed E-state index contributed by atoms with van der Waals surface area (Å²) >= 11 is 1.68. The van der Waals surface area contributed by atoms with Crippen molar-refractivity contribution in [2.24, 2.45) is 0 Å². The Morgan fingerprint density at radius 1 is 1.56 bits per heavy atom. The number of hydrogen-bond donors (Lipinski definition) is 1. The molecular formula is C14H22N2OS. The van der Waals surface area contributed by atoms with Crippen LogP contribution in [-0.2, 0) is 4.79 Å². The van der Waals surface area contributed by atoms with E-state index in [-0.39, 0.29) is 18.1 Å². The summed E-state index contributed by atoms with van der Waals surface area (Å²) in [6, 6.07) is 2.37. The number of rotatable bonds is 4. The summed E-state index contributed by atoms with van der Waals surface area (Å²) in [7, 11) is 0. The number of thiophene rings is 1. The van der Waals surface area contributed by atoms with Crippen LogP contribution in [0.1, 0.15) is 52.3 Å². The summed E-state index contributed by atoms with van der Waals surface area (Å²) in [5.74, 6) is 0.232. The van der Waals surface area contributed by atoms with E-state index < -0.39 is 5.54 Å². The van der Waals surface area contributed by atoms with E-state index in [9.17, 15) is 4.79 Å². The molecule has 1 N–H and O–H groups in total. The van der Waals surface area contributed by atoms with Gasteiger partial charge in [0.15, 0.2) is 0 Å². The van der Waals surface area contributed by atoms with Crippen LogP contribution < -0.4 is 5.32 Å². The zero-order chi connectivity index (χ0) is 13.3. The maximum atomic E-state index is 12.6. The summed E-state index contributed by atoms with van der Waals surface area (Å²) in [5.41, 5.74) is 0.779. The molecule has 0 radical (unpaired) electrons. The predicted octanol–water partition coefficient (Wildman–Crippen LogP) is 3.15. The molecule has 4 heteroatoms. The van der Waals surface area contributed by atoms with E-state index >= 15 is 0 Å². The van der Waals surface area contributed by atoms with Crippen molar-refractivity contribution in [2.75, 3.05) is 0 Å². The van der Waals surface area contributed by atoms with Gasteiger partial charge in [-0.25, -0.2) is 0 Å². The Morgan fingerprint density at radius 3 is 2.78 bits per heavy atom. The molecule has 2 rings (SSSR count). The molecule has 0 bridgehead atoms. The topological polar surface area (TPSA) is 32.3 Å². The van der Waals surface area contributed by atoms with Crippen LogP contribution in [0.5, 0.6) is 0 Å². The molecule has 1 saturated heterocycles. The van der Waals surface area contributed by atoms with Crippen LogP contribution in [0.4, 0.5) is 0 Å². The lowest BCUT2D eigenvalue weighted by molar-refractivity contribution is -0.135. The highest BCUT2D eigenvalue weighted by molar-refractivity contribution is 7.07. The zero-order valence-corrected chi connectivity index (χ0v) is 12.4. The fourth-order valence-corrected chi connectivity index (χ4v) is 3.09. The standard InChI is InChI=1S/C14H22N2OS/c1-5-10(3)16-12(11-7-8-18-9-11)15-14(4,6-2)13(16)17/h7-10,12,15H,5-6H2,1-4H3. The van der Waals surface area contributed by atoms with Gasteiger partial charge in [0.25, 0.3) is 0 Å². The first-order valence-electron chi connectivity index (χ1n) is 6.66. The summed E-state index contributed by atoms with van der Waals surface area (Å²) in [4.78, 5) is 14.7. The number of hydrogen-bond acceptors (Lipinski definition) is 3. The molecule has 0 saturated carbocycles. The molecule has 0 aliphatic carbocycles. The Hall–Kier alpha value is -0.870. The minimum Gasteiger partial charge on any atom is -0.319 e. The van der Waals surface area contributed by atoms with E-state index in [0.717, 1.165) is 12.8 Å². The average molecular weight is 266 g/mol. The Labute approximate surface area is 113 Å². The quantitative estimate of drug-likeness (QED) is 0.908. The number of nitrogens with zero attached hydrogens (tertiary/aromatic N) is 1. The lowest BCUT2D eigenvalue weighted by atomic mass is 9.99. The largest absolute Gasteiger partial charge is 0.319 e. The van der Waals surface area contributed by atoms with Crippen molar-refractivity contribution in [3.63, 3.8) is 0 Å². The summed E-state index contributed by atoms with van der Waals surface area (Å²) < 4.78 is 0. The fourth-order valence-electron chi connectivity index (χ4n) is 2.41. The van der Waals surface area contributed by atoms with Gasteiger partial charge < -0.3 is 4.90 Å². The summed E-state index contributed by atoms with van der Waals surface area (Å²) in [6.45, 7) is 8.33. The molecule has 3 nitrogen and oxygen atoms in total. The fraction of sp³-hybridized carbons (Fsp3) is 0.643. The first-order chi connectivity index (χ1) is 8.53. The van der Waals surface area contributed by atoms with E-state index in [2.05, 4.69) is 42.9 Å². The second kappa shape index (κ2) is 5.02. The molecule has 1 aromatic heterocycles. The van der Waals surface area contributed by atoms with Crippen molar-refractivity contribution in [3.05, 3.63) is 22.4 Å². The van der Waals surface area contributed by atoms with Crippen LogP contribution in [0.2, 0.25) is 0 Å². The second-order valence-electron chi connectivity index (χ2n) is 5.26. The molecule has 1 aromatic rings. The summed E-state index contributed by atoms with van der Waals surface area (Å²) in [6.07, 6.45) is 1.83. The third kappa shape index (κ3) is 2.08. The second-order valence-corrected chi connectivity index (χ2v) is 6.04. The van der Waals surface area contributed by atoms with Crippen molar-refractivity contribution in [3.8, 4) is 0 Å². The van der Waals surface area contributed by atoms with E-state index in [1.54, 1.807) is 11.3 Å². The van der Waals surface area contributed by atoms with E-state index in [0.29, 0.717) is 0 Å². The summed E-state index contributed by atoms with van der Waals surface area (Å²) in [5, 5.41) is 7.71. The molecule has 0 aromatic carbocycles. The SMILES string of the molecule is CCC(C)N1C(=O)C(C)(CC)NC1c1ccsc1. The molecule has 3 unspecified atom stereocenters. The van der Waals surface area contributed by atoms with Crippen LogP contribution >= 0.6 is 11.3 Å². The van der Waals surface area contributed by atoms with Crippen LogP contribution in [-0.4, -0.2) is 22.4 Å². The van der Waals surface area contributed by atoms with Crippen molar-refractivity contribution >= 4 is 17.2 Å². The number of carbonyl (C=O) groups is 1. The van der Waals surface area contributed by atoms with Gasteiger partial charge in [0.2, 0.25) is 5.91 Å². The van der Waals surface area contributed by atoms with Crippen molar-refractivity contribution in [2.45, 2.75) is 58.3 Å². The van der Waals surface area contributed by atoms with Crippen LogP contribution in [0.25, 0.3) is 0 Å². The van der Waals surface area contributed by atoms with Gasteiger partial charge in [-0.3, -0.25) is 10.1 Å². The predicted molar refractivity (Wildman–Crippen MR) is 75.5 cm³/mol. The molecule has 2 heterocycles. The van der Waals surface area contributed by atoms with Gasteiger partial charge in [-0.05, 0) is 49.1 Å². The first-order valence-corrected chi connectivity index (χ1v) is 7.60.